The first-order chi connectivity index (χ1) is 19.0. The lowest BCUT2D eigenvalue weighted by Crippen LogP contribution is -2.46. The van der Waals surface area contributed by atoms with Crippen LogP contribution in [0.4, 0.5) is 16.2 Å². The summed E-state index contributed by atoms with van der Waals surface area (Å²) in [6.45, 7) is 0.570. The third-order valence-electron chi connectivity index (χ3n) is 6.27. The Hall–Kier alpha value is -4.06. The lowest BCUT2D eigenvalue weighted by molar-refractivity contribution is 0.00880. The number of carbonyl (C=O) groups is 1. The van der Waals surface area contributed by atoms with E-state index in [0.29, 0.717) is 40.3 Å². The molecule has 39 heavy (non-hydrogen) atoms. The highest BCUT2D eigenvalue weighted by Crippen LogP contribution is 2.30. The predicted molar refractivity (Wildman–Crippen MR) is 149 cm³/mol. The van der Waals surface area contributed by atoms with E-state index in [-0.39, 0.29) is 18.8 Å². The van der Waals surface area contributed by atoms with E-state index in [1.807, 2.05) is 42.5 Å². The number of carbonyl (C=O) groups excluding carboxylic acids is 1. The van der Waals surface area contributed by atoms with Crippen molar-refractivity contribution in [3.63, 3.8) is 0 Å². The maximum atomic E-state index is 12.6. The van der Waals surface area contributed by atoms with Crippen LogP contribution in [-0.2, 0) is 14.2 Å². The number of hydrogen-bond acceptors (Lipinski definition) is 8. The summed E-state index contributed by atoms with van der Waals surface area (Å²) in [5.41, 5.74) is 1.29. The molecule has 0 saturated carbocycles. The smallest absolute Gasteiger partial charge is 0.412 e. The Labute approximate surface area is 231 Å². The summed E-state index contributed by atoms with van der Waals surface area (Å²) in [6, 6.07) is 21.7. The van der Waals surface area contributed by atoms with Crippen LogP contribution in [0.1, 0.15) is 0 Å². The van der Waals surface area contributed by atoms with Gasteiger partial charge in [0.25, 0.3) is 0 Å². The summed E-state index contributed by atoms with van der Waals surface area (Å²) >= 11 is 5.49. The van der Waals surface area contributed by atoms with Gasteiger partial charge in [-0.15, -0.1) is 0 Å². The molecule has 204 valence electrons. The summed E-state index contributed by atoms with van der Waals surface area (Å²) in [5, 5.41) is 9.49. The molecule has 3 aromatic carbocycles. The summed E-state index contributed by atoms with van der Waals surface area (Å²) in [6.07, 6.45) is -1.87. The molecule has 0 bridgehead atoms. The number of rotatable bonds is 8. The second kappa shape index (κ2) is 12.2. The summed E-state index contributed by atoms with van der Waals surface area (Å²) in [7, 11) is 3.16. The quantitative estimate of drug-likeness (QED) is 0.345. The number of nitrogens with one attached hydrogen (secondary N) is 3. The summed E-state index contributed by atoms with van der Waals surface area (Å²) in [4.78, 5) is 12.6. The minimum absolute atomic E-state index is 0.212. The van der Waals surface area contributed by atoms with Crippen LogP contribution in [-0.4, -0.2) is 63.0 Å². The summed E-state index contributed by atoms with van der Waals surface area (Å²) in [5.74, 6) is 2.66. The van der Waals surface area contributed by atoms with Crippen molar-refractivity contribution in [3.05, 3.63) is 72.8 Å². The molecule has 0 spiro atoms. The number of anilines is 2. The maximum Gasteiger partial charge on any atom is 0.412 e. The maximum absolute atomic E-state index is 12.6. The van der Waals surface area contributed by atoms with Crippen LogP contribution in [0.5, 0.6) is 23.0 Å². The van der Waals surface area contributed by atoms with Crippen molar-refractivity contribution >= 4 is 34.8 Å². The summed E-state index contributed by atoms with van der Waals surface area (Å²) < 4.78 is 33.8. The zero-order chi connectivity index (χ0) is 27.2. The van der Waals surface area contributed by atoms with Crippen molar-refractivity contribution in [1.82, 2.24) is 5.32 Å². The number of para-hydroxylation sites is 1. The molecular formula is C28H29N3O7S. The predicted octanol–water partition coefficient (Wildman–Crippen LogP) is 4.57. The molecule has 0 radical (unpaired) electrons. The van der Waals surface area contributed by atoms with Gasteiger partial charge in [-0.3, -0.25) is 5.32 Å². The van der Waals surface area contributed by atoms with E-state index < -0.39 is 18.3 Å². The van der Waals surface area contributed by atoms with Crippen molar-refractivity contribution in [2.75, 3.05) is 38.1 Å². The first-order valence-electron chi connectivity index (χ1n) is 12.3. The molecule has 2 heterocycles. The largest absolute Gasteiger partial charge is 0.497 e. The van der Waals surface area contributed by atoms with Crippen molar-refractivity contribution in [2.45, 2.75) is 24.4 Å². The fourth-order valence-corrected chi connectivity index (χ4v) is 4.69. The van der Waals surface area contributed by atoms with E-state index >= 15 is 0 Å². The number of hydrogen-bond donors (Lipinski definition) is 3. The molecule has 2 aliphatic heterocycles. The number of methoxy groups -OCH3 is 2. The standard InChI is InChI=1S/C28H29N3O7S/c1-33-21-12-18(13-22(14-21)34-2)29-27(39)31-23-15-35-26-24(16-36-25(23)26)38-28(32)30-17-8-10-20(11-9-17)37-19-6-4-3-5-7-19/h3-14,23-26H,15-16H2,1-2H3,(H,30,32)(H2,29,31,39)/t23-,24+,25+,26+/m0/s1. The third-order valence-corrected chi connectivity index (χ3v) is 6.49. The molecule has 5 rings (SSSR count). The van der Waals surface area contributed by atoms with Crippen molar-refractivity contribution in [2.24, 2.45) is 0 Å². The normalized spacial score (nSPS) is 21.4. The van der Waals surface area contributed by atoms with Gasteiger partial charge in [0.1, 0.15) is 35.2 Å². The zero-order valence-corrected chi connectivity index (χ0v) is 22.2. The van der Waals surface area contributed by atoms with Gasteiger partial charge >= 0.3 is 6.09 Å². The van der Waals surface area contributed by atoms with Gasteiger partial charge in [-0.25, -0.2) is 4.79 Å². The van der Waals surface area contributed by atoms with Crippen LogP contribution in [0, 0.1) is 0 Å². The van der Waals surface area contributed by atoms with Crippen LogP contribution in [0.2, 0.25) is 0 Å². The van der Waals surface area contributed by atoms with Crippen LogP contribution < -0.4 is 30.2 Å². The number of amides is 1. The molecule has 3 N–H and O–H groups in total. The van der Waals surface area contributed by atoms with Gasteiger partial charge in [0, 0.05) is 29.6 Å². The highest BCUT2D eigenvalue weighted by Gasteiger charge is 2.49. The Morgan fingerprint density at radius 3 is 2.15 bits per heavy atom. The molecule has 0 unspecified atom stereocenters. The number of benzene rings is 3. The van der Waals surface area contributed by atoms with Gasteiger partial charge in [-0.1, -0.05) is 18.2 Å². The zero-order valence-electron chi connectivity index (χ0n) is 21.4. The lowest BCUT2D eigenvalue weighted by Gasteiger charge is -2.20. The average Bonchev–Trinajstić information content (AvgIpc) is 3.53. The van der Waals surface area contributed by atoms with Crippen molar-refractivity contribution in [3.8, 4) is 23.0 Å². The topological polar surface area (TPSA) is 109 Å². The molecular weight excluding hydrogens is 522 g/mol. The van der Waals surface area contributed by atoms with Gasteiger partial charge in [0.05, 0.1) is 33.5 Å². The molecule has 0 aliphatic carbocycles. The van der Waals surface area contributed by atoms with Crippen molar-refractivity contribution in [1.29, 1.82) is 0 Å². The first kappa shape index (κ1) is 26.5. The van der Waals surface area contributed by atoms with Crippen LogP contribution in [0.25, 0.3) is 0 Å². The minimum Gasteiger partial charge on any atom is -0.497 e. The Kier molecular flexibility index (Phi) is 8.30. The molecule has 11 heteroatoms. The van der Waals surface area contributed by atoms with Gasteiger partial charge < -0.3 is 39.1 Å². The number of thiocarbonyl (C=S) groups is 1. The van der Waals surface area contributed by atoms with E-state index in [1.54, 1.807) is 44.6 Å². The lowest BCUT2D eigenvalue weighted by atomic mass is 10.1. The van der Waals surface area contributed by atoms with Gasteiger partial charge in [0.2, 0.25) is 0 Å². The molecule has 0 aromatic heterocycles. The molecule has 2 fully saturated rings. The fourth-order valence-electron chi connectivity index (χ4n) is 4.42. The van der Waals surface area contributed by atoms with E-state index in [0.717, 1.165) is 5.75 Å². The molecule has 1 amide bonds. The van der Waals surface area contributed by atoms with Crippen LogP contribution in [0.15, 0.2) is 72.8 Å². The average molecular weight is 552 g/mol. The third kappa shape index (κ3) is 6.69. The van der Waals surface area contributed by atoms with E-state index in [9.17, 15) is 4.79 Å². The van der Waals surface area contributed by atoms with E-state index in [2.05, 4.69) is 16.0 Å². The second-order valence-corrected chi connectivity index (χ2v) is 9.32. The molecule has 2 saturated heterocycles. The number of ether oxygens (including phenoxy) is 6. The molecule has 3 aromatic rings. The van der Waals surface area contributed by atoms with Crippen LogP contribution in [0.3, 0.4) is 0 Å². The minimum atomic E-state index is -0.592. The van der Waals surface area contributed by atoms with Gasteiger partial charge in [-0.05, 0) is 48.6 Å². The van der Waals surface area contributed by atoms with E-state index in [4.69, 9.17) is 40.6 Å². The van der Waals surface area contributed by atoms with Crippen molar-refractivity contribution < 1.29 is 33.2 Å². The Morgan fingerprint density at radius 2 is 1.46 bits per heavy atom. The molecule has 2 aliphatic rings. The van der Waals surface area contributed by atoms with E-state index in [1.165, 1.54) is 0 Å². The highest BCUT2D eigenvalue weighted by atomic mass is 32.1. The Bertz CT molecular complexity index is 1270. The fraction of sp³-hybridized carbons (Fsp3) is 0.286. The molecule has 4 atom stereocenters. The number of fused-ring (bicyclic) bond motifs is 1. The van der Waals surface area contributed by atoms with Crippen LogP contribution >= 0.6 is 12.2 Å². The SMILES string of the molecule is COc1cc(NC(=S)N[C@H]2CO[C@H]3[C@@H]2OC[C@H]3OC(=O)Nc2ccc(Oc3ccccc3)cc2)cc(OC)c1. The second-order valence-electron chi connectivity index (χ2n) is 8.91. The Balaban J connectivity index is 1.10. The Morgan fingerprint density at radius 1 is 0.795 bits per heavy atom. The monoisotopic (exact) mass is 551 g/mol. The van der Waals surface area contributed by atoms with Gasteiger partial charge in [-0.2, -0.15) is 0 Å². The first-order valence-corrected chi connectivity index (χ1v) is 12.8. The molecule has 10 nitrogen and oxygen atoms in total. The van der Waals surface area contributed by atoms with Gasteiger partial charge in [0.15, 0.2) is 11.2 Å². The highest BCUT2D eigenvalue weighted by molar-refractivity contribution is 7.80.